The predicted octanol–water partition coefficient (Wildman–Crippen LogP) is 4.59. The van der Waals surface area contributed by atoms with Gasteiger partial charge in [-0.1, -0.05) is 22.0 Å². The van der Waals surface area contributed by atoms with Gasteiger partial charge in [-0.2, -0.15) is 13.2 Å². The Hall–Kier alpha value is -1.41. The summed E-state index contributed by atoms with van der Waals surface area (Å²) in [6, 6.07) is 6.74. The number of nitrogens with one attached hydrogen (secondary N) is 1. The Bertz CT molecular complexity index is 697. The molecule has 118 valence electrons. The van der Waals surface area contributed by atoms with Crippen LogP contribution in [0.1, 0.15) is 34.9 Å². The highest BCUT2D eigenvalue weighted by Crippen LogP contribution is 2.33. The Balaban J connectivity index is 2.20. The van der Waals surface area contributed by atoms with Crippen molar-refractivity contribution in [3.05, 3.63) is 50.4 Å². The summed E-state index contributed by atoms with van der Waals surface area (Å²) in [4.78, 5) is 15.8. The van der Waals surface area contributed by atoms with Crippen LogP contribution in [0.15, 0.2) is 34.1 Å². The van der Waals surface area contributed by atoms with Crippen LogP contribution in [0.3, 0.4) is 0 Å². The molecule has 0 fully saturated rings. The number of carbonyl (C=O) groups is 1. The van der Waals surface area contributed by atoms with E-state index in [0.717, 1.165) is 21.2 Å². The molecule has 0 atom stereocenters. The van der Waals surface area contributed by atoms with Gasteiger partial charge in [-0.15, -0.1) is 11.3 Å². The van der Waals surface area contributed by atoms with Crippen molar-refractivity contribution >= 4 is 33.2 Å². The Morgan fingerprint density at radius 3 is 2.55 bits per heavy atom. The molecule has 0 saturated heterocycles. The van der Waals surface area contributed by atoms with E-state index in [4.69, 9.17) is 0 Å². The molecule has 1 aromatic carbocycles. The summed E-state index contributed by atoms with van der Waals surface area (Å²) in [5.41, 5.74) is -1.54. The van der Waals surface area contributed by atoms with E-state index in [1.165, 1.54) is 0 Å². The van der Waals surface area contributed by atoms with Crippen LogP contribution in [0.25, 0.3) is 0 Å². The fourth-order valence-corrected chi connectivity index (χ4v) is 3.04. The molecule has 0 unspecified atom stereocenters. The highest BCUT2D eigenvalue weighted by molar-refractivity contribution is 9.10. The number of amides is 1. The first kappa shape index (κ1) is 17.0. The van der Waals surface area contributed by atoms with E-state index in [2.05, 4.69) is 26.2 Å². The molecule has 1 heterocycles. The van der Waals surface area contributed by atoms with Crippen molar-refractivity contribution in [2.75, 3.05) is 0 Å². The smallest absolute Gasteiger partial charge is 0.341 e. The molecule has 22 heavy (non-hydrogen) atoms. The van der Waals surface area contributed by atoms with Crippen molar-refractivity contribution in [3.63, 3.8) is 0 Å². The monoisotopic (exact) mass is 392 g/mol. The first-order valence-corrected chi connectivity index (χ1v) is 7.88. The van der Waals surface area contributed by atoms with Gasteiger partial charge in [-0.3, -0.25) is 4.79 Å². The summed E-state index contributed by atoms with van der Waals surface area (Å²) in [5.74, 6) is -0.380. The zero-order valence-electron chi connectivity index (χ0n) is 11.7. The van der Waals surface area contributed by atoms with Gasteiger partial charge >= 0.3 is 6.18 Å². The van der Waals surface area contributed by atoms with Crippen LogP contribution in [-0.2, 0) is 11.7 Å². The van der Waals surface area contributed by atoms with E-state index in [1.54, 1.807) is 38.1 Å². The molecule has 0 aliphatic rings. The van der Waals surface area contributed by atoms with Gasteiger partial charge in [-0.05, 0) is 32.0 Å². The normalized spacial score (nSPS) is 12.3. The lowest BCUT2D eigenvalue weighted by molar-refractivity contribution is -0.140. The van der Waals surface area contributed by atoms with Crippen LogP contribution in [0.4, 0.5) is 13.2 Å². The van der Waals surface area contributed by atoms with E-state index in [9.17, 15) is 18.0 Å². The molecule has 2 aromatic rings. The number of thiazole rings is 1. The molecule has 0 bridgehead atoms. The molecule has 0 radical (unpaired) electrons. The van der Waals surface area contributed by atoms with Gasteiger partial charge in [0.25, 0.3) is 5.91 Å². The molecular formula is C14H12BrF3N2OS. The summed E-state index contributed by atoms with van der Waals surface area (Å²) in [6.45, 7) is 3.23. The van der Waals surface area contributed by atoms with Crippen molar-refractivity contribution in [2.24, 2.45) is 0 Å². The molecule has 2 rings (SSSR count). The van der Waals surface area contributed by atoms with Crippen molar-refractivity contribution in [3.8, 4) is 0 Å². The van der Waals surface area contributed by atoms with E-state index >= 15 is 0 Å². The molecule has 0 saturated carbocycles. The van der Waals surface area contributed by atoms with E-state index in [0.29, 0.717) is 5.56 Å². The lowest BCUT2D eigenvalue weighted by atomic mass is 10.1. The van der Waals surface area contributed by atoms with Gasteiger partial charge in [0.05, 0.1) is 5.54 Å². The molecule has 8 heteroatoms. The first-order chi connectivity index (χ1) is 10.1. The maximum absolute atomic E-state index is 12.6. The summed E-state index contributed by atoms with van der Waals surface area (Å²) >= 11 is 4.13. The maximum Gasteiger partial charge on any atom is 0.434 e. The third-order valence-electron chi connectivity index (χ3n) is 2.84. The number of halogens is 4. The predicted molar refractivity (Wildman–Crippen MR) is 81.8 cm³/mol. The Kier molecular flexibility index (Phi) is 4.62. The van der Waals surface area contributed by atoms with Crippen LogP contribution in [0.5, 0.6) is 0 Å². The van der Waals surface area contributed by atoms with E-state index in [-0.39, 0.29) is 10.9 Å². The third-order valence-corrected chi connectivity index (χ3v) is 4.50. The zero-order chi connectivity index (χ0) is 16.5. The fraction of sp³-hybridized carbons (Fsp3) is 0.286. The fourth-order valence-electron chi connectivity index (χ4n) is 1.73. The van der Waals surface area contributed by atoms with Gasteiger partial charge in [0, 0.05) is 15.4 Å². The molecular weight excluding hydrogens is 381 g/mol. The minimum atomic E-state index is -4.49. The van der Waals surface area contributed by atoms with Gasteiger partial charge in [0.15, 0.2) is 5.69 Å². The summed E-state index contributed by atoms with van der Waals surface area (Å²) < 4.78 is 38.6. The van der Waals surface area contributed by atoms with Crippen molar-refractivity contribution in [1.29, 1.82) is 0 Å². The highest BCUT2D eigenvalue weighted by atomic mass is 79.9. The van der Waals surface area contributed by atoms with Crippen LogP contribution >= 0.6 is 27.3 Å². The standard InChI is InChI=1S/C14H12BrF3N2OS/c1-13(2,12-19-10(7-22-12)14(16,17)18)20-11(21)8-4-3-5-9(15)6-8/h3-7H,1-2H3,(H,20,21). The third kappa shape index (κ3) is 3.86. The second-order valence-corrected chi connectivity index (χ2v) is 6.90. The minimum Gasteiger partial charge on any atom is -0.341 e. The van der Waals surface area contributed by atoms with Gasteiger partial charge in [-0.25, -0.2) is 4.98 Å². The molecule has 3 nitrogen and oxygen atoms in total. The maximum atomic E-state index is 12.6. The minimum absolute atomic E-state index is 0.197. The lowest BCUT2D eigenvalue weighted by Gasteiger charge is -2.24. The Morgan fingerprint density at radius 2 is 2.00 bits per heavy atom. The van der Waals surface area contributed by atoms with Crippen LogP contribution in [-0.4, -0.2) is 10.9 Å². The van der Waals surface area contributed by atoms with Crippen LogP contribution in [0, 0.1) is 0 Å². The molecule has 0 aliphatic heterocycles. The average Bonchev–Trinajstić information content (AvgIpc) is 2.88. The topological polar surface area (TPSA) is 42.0 Å². The van der Waals surface area contributed by atoms with E-state index in [1.807, 2.05) is 0 Å². The second kappa shape index (κ2) is 6.00. The quantitative estimate of drug-likeness (QED) is 0.829. The highest BCUT2D eigenvalue weighted by Gasteiger charge is 2.36. The number of nitrogens with zero attached hydrogens (tertiary/aromatic N) is 1. The molecule has 0 aliphatic carbocycles. The molecule has 1 amide bonds. The van der Waals surface area contributed by atoms with Crippen molar-refractivity contribution < 1.29 is 18.0 Å². The number of rotatable bonds is 3. The molecule has 0 spiro atoms. The van der Waals surface area contributed by atoms with Crippen molar-refractivity contribution in [2.45, 2.75) is 25.6 Å². The largest absolute Gasteiger partial charge is 0.434 e. The summed E-state index contributed by atoms with van der Waals surface area (Å²) in [6.07, 6.45) is -4.49. The number of hydrogen-bond donors (Lipinski definition) is 1. The SMILES string of the molecule is CC(C)(NC(=O)c1cccc(Br)c1)c1nc(C(F)(F)F)cs1. The number of benzene rings is 1. The molecule has 1 aromatic heterocycles. The van der Waals surface area contributed by atoms with E-state index < -0.39 is 17.4 Å². The Morgan fingerprint density at radius 1 is 1.32 bits per heavy atom. The van der Waals surface area contributed by atoms with Crippen LogP contribution < -0.4 is 5.32 Å². The molecule has 1 N–H and O–H groups in total. The number of carbonyl (C=O) groups excluding carboxylic acids is 1. The summed E-state index contributed by atoms with van der Waals surface area (Å²) in [5, 5.41) is 3.85. The average molecular weight is 393 g/mol. The first-order valence-electron chi connectivity index (χ1n) is 6.21. The van der Waals surface area contributed by atoms with Crippen molar-refractivity contribution in [1.82, 2.24) is 10.3 Å². The number of alkyl halides is 3. The second-order valence-electron chi connectivity index (χ2n) is 5.13. The number of hydrogen-bond acceptors (Lipinski definition) is 3. The van der Waals surface area contributed by atoms with Gasteiger partial charge < -0.3 is 5.32 Å². The lowest BCUT2D eigenvalue weighted by Crippen LogP contribution is -2.41. The zero-order valence-corrected chi connectivity index (χ0v) is 14.1. The summed E-state index contributed by atoms with van der Waals surface area (Å²) in [7, 11) is 0. The Labute approximate surface area is 137 Å². The van der Waals surface area contributed by atoms with Crippen LogP contribution in [0.2, 0.25) is 0 Å². The number of aromatic nitrogens is 1. The van der Waals surface area contributed by atoms with Gasteiger partial charge in [0.1, 0.15) is 5.01 Å². The van der Waals surface area contributed by atoms with Gasteiger partial charge in [0.2, 0.25) is 0 Å².